The largest absolute Gasteiger partial charge is 0.497 e. The average molecular weight is 313 g/mol. The molecule has 1 aliphatic rings. The lowest BCUT2D eigenvalue weighted by atomic mass is 10.0. The van der Waals surface area contributed by atoms with Crippen LogP contribution in [0.1, 0.15) is 23.7 Å². The van der Waals surface area contributed by atoms with Gasteiger partial charge in [-0.2, -0.15) is 0 Å². The highest BCUT2D eigenvalue weighted by atomic mass is 16.5. The zero-order valence-corrected chi connectivity index (χ0v) is 13.7. The summed E-state index contributed by atoms with van der Waals surface area (Å²) in [4.78, 5) is 2.34. The van der Waals surface area contributed by atoms with Crippen LogP contribution in [-0.4, -0.2) is 32.4 Å². The Kier molecular flexibility index (Phi) is 4.72. The third kappa shape index (κ3) is 3.27. The van der Waals surface area contributed by atoms with Crippen molar-refractivity contribution in [2.24, 2.45) is 0 Å². The highest BCUT2D eigenvalue weighted by Gasteiger charge is 2.20. The molecule has 0 amide bonds. The van der Waals surface area contributed by atoms with Crippen molar-refractivity contribution in [2.75, 3.05) is 32.2 Å². The third-order valence-electron chi connectivity index (χ3n) is 4.46. The summed E-state index contributed by atoms with van der Waals surface area (Å²) in [5.74, 6) is 1.39. The van der Waals surface area contributed by atoms with Gasteiger partial charge in [-0.05, 0) is 36.6 Å². The van der Waals surface area contributed by atoms with Crippen molar-refractivity contribution in [1.82, 2.24) is 0 Å². The maximum atomic E-state index is 10.6. The van der Waals surface area contributed by atoms with Gasteiger partial charge in [0.05, 0.1) is 20.3 Å². The van der Waals surface area contributed by atoms with E-state index in [1.807, 2.05) is 18.2 Å². The molecule has 1 unspecified atom stereocenters. The van der Waals surface area contributed by atoms with Gasteiger partial charge < -0.3 is 19.5 Å². The topological polar surface area (TPSA) is 41.9 Å². The number of para-hydroxylation sites is 1. The van der Waals surface area contributed by atoms with Gasteiger partial charge in [0.1, 0.15) is 11.5 Å². The summed E-state index contributed by atoms with van der Waals surface area (Å²) in [6.07, 6.45) is 1.19. The molecule has 2 aromatic rings. The molecule has 1 N–H and O–H groups in total. The fraction of sp³-hybridized carbons (Fsp3) is 0.368. The Morgan fingerprint density at radius 3 is 2.74 bits per heavy atom. The van der Waals surface area contributed by atoms with Crippen LogP contribution in [0.25, 0.3) is 0 Å². The van der Waals surface area contributed by atoms with Crippen molar-refractivity contribution in [3.63, 3.8) is 0 Å². The molecule has 0 spiro atoms. The summed E-state index contributed by atoms with van der Waals surface area (Å²) in [5.41, 5.74) is 3.49. The minimum absolute atomic E-state index is 0.552. The first-order valence-electron chi connectivity index (χ1n) is 7.95. The summed E-state index contributed by atoms with van der Waals surface area (Å²) in [5, 5.41) is 10.6. The number of methoxy groups -OCH3 is 2. The lowest BCUT2D eigenvalue weighted by molar-refractivity contribution is 0.165. The molecule has 122 valence electrons. The van der Waals surface area contributed by atoms with E-state index >= 15 is 0 Å². The lowest BCUT2D eigenvalue weighted by Gasteiger charge is -2.22. The van der Waals surface area contributed by atoms with Gasteiger partial charge in [-0.1, -0.05) is 18.2 Å². The second kappa shape index (κ2) is 6.92. The molecule has 0 bridgehead atoms. The van der Waals surface area contributed by atoms with Crippen molar-refractivity contribution in [1.29, 1.82) is 0 Å². The number of benzene rings is 2. The van der Waals surface area contributed by atoms with Crippen molar-refractivity contribution in [3.8, 4) is 11.5 Å². The Labute approximate surface area is 137 Å². The highest BCUT2D eigenvalue weighted by molar-refractivity contribution is 5.57. The molecule has 0 saturated carbocycles. The van der Waals surface area contributed by atoms with Crippen molar-refractivity contribution >= 4 is 5.69 Å². The number of hydrogen-bond donors (Lipinski definition) is 1. The number of anilines is 1. The quantitative estimate of drug-likeness (QED) is 0.889. The molecular formula is C19H23NO3. The summed E-state index contributed by atoms with van der Waals surface area (Å²) < 4.78 is 10.6. The number of rotatable bonds is 6. The number of nitrogens with zero attached hydrogens (tertiary/aromatic N) is 1. The maximum Gasteiger partial charge on any atom is 0.128 e. The molecule has 0 saturated heterocycles. The second-order valence-electron chi connectivity index (χ2n) is 5.78. The van der Waals surface area contributed by atoms with E-state index in [9.17, 15) is 5.11 Å². The molecule has 1 heterocycles. The number of hydrogen-bond acceptors (Lipinski definition) is 4. The van der Waals surface area contributed by atoms with Gasteiger partial charge in [-0.3, -0.25) is 0 Å². The molecule has 2 aromatic carbocycles. The Bertz CT molecular complexity index is 671. The van der Waals surface area contributed by atoms with E-state index in [2.05, 4.69) is 29.2 Å². The number of aliphatic hydroxyl groups is 1. The fourth-order valence-corrected chi connectivity index (χ4v) is 3.17. The van der Waals surface area contributed by atoms with E-state index in [0.717, 1.165) is 30.8 Å². The van der Waals surface area contributed by atoms with E-state index in [4.69, 9.17) is 9.47 Å². The van der Waals surface area contributed by atoms with Crippen LogP contribution in [0, 0.1) is 0 Å². The Hall–Kier alpha value is -2.20. The van der Waals surface area contributed by atoms with E-state index in [0.29, 0.717) is 12.2 Å². The van der Waals surface area contributed by atoms with E-state index in [1.54, 1.807) is 14.2 Å². The lowest BCUT2D eigenvalue weighted by Crippen LogP contribution is -2.23. The van der Waals surface area contributed by atoms with Crippen LogP contribution in [0.5, 0.6) is 11.5 Å². The van der Waals surface area contributed by atoms with Crippen LogP contribution in [-0.2, 0) is 6.42 Å². The molecular weight excluding hydrogens is 290 g/mol. The predicted molar refractivity (Wildman–Crippen MR) is 91.5 cm³/mol. The van der Waals surface area contributed by atoms with Crippen molar-refractivity contribution < 1.29 is 14.6 Å². The summed E-state index contributed by atoms with van der Waals surface area (Å²) >= 11 is 0. The molecule has 4 nitrogen and oxygen atoms in total. The molecule has 0 radical (unpaired) electrons. The normalized spacial score (nSPS) is 14.5. The molecule has 1 aliphatic heterocycles. The van der Waals surface area contributed by atoms with Crippen LogP contribution in [0.3, 0.4) is 0 Å². The zero-order valence-electron chi connectivity index (χ0n) is 13.7. The van der Waals surface area contributed by atoms with E-state index < -0.39 is 6.10 Å². The molecule has 3 rings (SSSR count). The SMILES string of the molecule is COc1ccc(C(O)CCN2CCc3ccccc32)c(OC)c1. The second-order valence-corrected chi connectivity index (χ2v) is 5.78. The van der Waals surface area contributed by atoms with Crippen LogP contribution in [0.2, 0.25) is 0 Å². The highest BCUT2D eigenvalue weighted by Crippen LogP contribution is 2.33. The number of fused-ring (bicyclic) bond motifs is 1. The van der Waals surface area contributed by atoms with Gasteiger partial charge in [0, 0.05) is 30.4 Å². The predicted octanol–water partition coefficient (Wildman–Crippen LogP) is 3.19. The minimum Gasteiger partial charge on any atom is -0.497 e. The van der Waals surface area contributed by atoms with Gasteiger partial charge in [0.2, 0.25) is 0 Å². The molecule has 0 fully saturated rings. The number of aliphatic hydroxyl groups excluding tert-OH is 1. The minimum atomic E-state index is -0.552. The molecule has 0 aromatic heterocycles. The zero-order chi connectivity index (χ0) is 16.2. The van der Waals surface area contributed by atoms with Crippen LogP contribution >= 0.6 is 0 Å². The molecule has 1 atom stereocenters. The Morgan fingerprint density at radius 1 is 1.13 bits per heavy atom. The first-order chi connectivity index (χ1) is 11.2. The van der Waals surface area contributed by atoms with Gasteiger partial charge in [0.15, 0.2) is 0 Å². The van der Waals surface area contributed by atoms with E-state index in [1.165, 1.54) is 11.3 Å². The third-order valence-corrected chi connectivity index (χ3v) is 4.46. The summed E-state index contributed by atoms with van der Waals surface area (Å²) in [7, 11) is 3.23. The van der Waals surface area contributed by atoms with Gasteiger partial charge in [0.25, 0.3) is 0 Å². The number of ether oxygens (including phenoxy) is 2. The van der Waals surface area contributed by atoms with Gasteiger partial charge in [-0.15, -0.1) is 0 Å². The Balaban J connectivity index is 1.67. The van der Waals surface area contributed by atoms with Crippen molar-refractivity contribution in [3.05, 3.63) is 53.6 Å². The standard InChI is InChI=1S/C19H23NO3/c1-22-15-7-8-16(19(13-15)23-2)18(21)10-12-20-11-9-14-5-3-4-6-17(14)20/h3-8,13,18,21H,9-12H2,1-2H3. The van der Waals surface area contributed by atoms with Crippen LogP contribution in [0.15, 0.2) is 42.5 Å². The summed E-state index contributed by atoms with van der Waals surface area (Å²) in [6.45, 7) is 1.85. The maximum absolute atomic E-state index is 10.6. The van der Waals surface area contributed by atoms with Crippen LogP contribution in [0.4, 0.5) is 5.69 Å². The van der Waals surface area contributed by atoms with Crippen molar-refractivity contribution in [2.45, 2.75) is 18.9 Å². The first-order valence-corrected chi connectivity index (χ1v) is 7.95. The van der Waals surface area contributed by atoms with Crippen LogP contribution < -0.4 is 14.4 Å². The fourth-order valence-electron chi connectivity index (χ4n) is 3.17. The summed E-state index contributed by atoms with van der Waals surface area (Å²) in [6, 6.07) is 14.0. The van der Waals surface area contributed by atoms with Gasteiger partial charge >= 0.3 is 0 Å². The molecule has 0 aliphatic carbocycles. The average Bonchev–Trinajstić information content (AvgIpc) is 3.02. The Morgan fingerprint density at radius 2 is 1.96 bits per heavy atom. The molecule has 4 heteroatoms. The first kappa shape index (κ1) is 15.7. The van der Waals surface area contributed by atoms with Gasteiger partial charge in [-0.25, -0.2) is 0 Å². The molecule has 23 heavy (non-hydrogen) atoms. The smallest absolute Gasteiger partial charge is 0.128 e. The van der Waals surface area contributed by atoms with E-state index in [-0.39, 0.29) is 0 Å². The monoisotopic (exact) mass is 313 g/mol.